The molecule has 2 aliphatic rings. The van der Waals surface area contributed by atoms with Crippen LogP contribution in [0, 0.1) is 24.0 Å². The van der Waals surface area contributed by atoms with Crippen molar-refractivity contribution < 1.29 is 13.5 Å². The van der Waals surface area contributed by atoms with Crippen molar-refractivity contribution in [1.82, 2.24) is 34.5 Å². The standard InChI is InChI=1S/C33H35ClF2N10OS/c1-17(2)46-19(4)41-29-21(35)11-20(12-23(29)46)28-22(36)13-40-32(44-28)43-25-6-5-24(31(34)42-25)48-27-15-38-26(14-39-27)45-9-7-33(8-10-45)16-47-18(3)30(33)37/h5-6,11-15,17-18,30H,7-10,16,37H2,1-4H3,(H,40,42,43,44)/t18-,30+/m0/s1. The predicted molar refractivity (Wildman–Crippen MR) is 182 cm³/mol. The molecule has 4 aromatic heterocycles. The molecule has 2 atom stereocenters. The van der Waals surface area contributed by atoms with Crippen LogP contribution in [-0.4, -0.2) is 66.3 Å². The molecule has 1 spiro atoms. The monoisotopic (exact) mass is 692 g/mol. The van der Waals surface area contributed by atoms with Crippen LogP contribution in [0.2, 0.25) is 5.15 Å². The minimum atomic E-state index is -0.692. The third-order valence-electron chi connectivity index (χ3n) is 9.27. The molecule has 0 amide bonds. The van der Waals surface area contributed by atoms with Gasteiger partial charge >= 0.3 is 0 Å². The first-order chi connectivity index (χ1) is 23.0. The van der Waals surface area contributed by atoms with Crippen LogP contribution in [0.15, 0.2) is 52.8 Å². The zero-order valence-corrected chi connectivity index (χ0v) is 28.5. The third kappa shape index (κ3) is 6.06. The smallest absolute Gasteiger partial charge is 0.229 e. The van der Waals surface area contributed by atoms with Crippen molar-refractivity contribution in [3.05, 3.63) is 65.5 Å². The Bertz CT molecular complexity index is 1980. The Labute approximate surface area is 285 Å². The number of nitrogens with two attached hydrogens (primary N) is 1. The van der Waals surface area contributed by atoms with Crippen molar-refractivity contribution in [1.29, 1.82) is 0 Å². The van der Waals surface area contributed by atoms with Crippen molar-refractivity contribution in [2.24, 2.45) is 11.1 Å². The summed E-state index contributed by atoms with van der Waals surface area (Å²) in [7, 11) is 0. The molecule has 15 heteroatoms. The van der Waals surface area contributed by atoms with Gasteiger partial charge in [-0.2, -0.15) is 0 Å². The van der Waals surface area contributed by atoms with E-state index in [9.17, 15) is 4.39 Å². The zero-order chi connectivity index (χ0) is 33.7. The van der Waals surface area contributed by atoms with Crippen molar-refractivity contribution in [3.63, 3.8) is 0 Å². The molecule has 250 valence electrons. The van der Waals surface area contributed by atoms with E-state index in [0.717, 1.165) is 44.6 Å². The van der Waals surface area contributed by atoms with Crippen LogP contribution < -0.4 is 16.0 Å². The number of piperidine rings is 1. The highest BCUT2D eigenvalue weighted by atomic mass is 35.5. The molecule has 2 fully saturated rings. The number of halogens is 3. The number of anilines is 3. The Balaban J connectivity index is 1.03. The summed E-state index contributed by atoms with van der Waals surface area (Å²) in [4.78, 5) is 29.4. The summed E-state index contributed by atoms with van der Waals surface area (Å²) in [6.45, 7) is 10.2. The van der Waals surface area contributed by atoms with E-state index < -0.39 is 11.6 Å². The molecular weight excluding hydrogens is 658 g/mol. The molecule has 2 aliphatic heterocycles. The Morgan fingerprint density at radius 1 is 1.04 bits per heavy atom. The van der Waals surface area contributed by atoms with Crippen molar-refractivity contribution >= 4 is 52.0 Å². The summed E-state index contributed by atoms with van der Waals surface area (Å²) >= 11 is 7.89. The quantitative estimate of drug-likeness (QED) is 0.176. The highest BCUT2D eigenvalue weighted by Crippen LogP contribution is 2.42. The lowest BCUT2D eigenvalue weighted by Gasteiger charge is -2.41. The maximum Gasteiger partial charge on any atom is 0.229 e. The predicted octanol–water partition coefficient (Wildman–Crippen LogP) is 6.73. The number of pyridine rings is 1. The number of imidazole rings is 1. The molecule has 11 nitrogen and oxygen atoms in total. The Morgan fingerprint density at radius 2 is 1.83 bits per heavy atom. The molecule has 0 aliphatic carbocycles. The number of nitrogens with zero attached hydrogens (tertiary/aromatic N) is 8. The number of benzene rings is 1. The fraction of sp³-hybridized carbons (Fsp3) is 0.394. The lowest BCUT2D eigenvalue weighted by atomic mass is 9.73. The molecular formula is C33H35ClF2N10OS. The van der Waals surface area contributed by atoms with Gasteiger partial charge < -0.3 is 25.3 Å². The van der Waals surface area contributed by atoms with Crippen molar-refractivity contribution in [2.75, 3.05) is 29.9 Å². The van der Waals surface area contributed by atoms with Gasteiger partial charge in [-0.25, -0.2) is 38.7 Å². The average Bonchev–Trinajstić information content (AvgIpc) is 3.55. The van der Waals surface area contributed by atoms with Crippen LogP contribution in [0.1, 0.15) is 45.5 Å². The Morgan fingerprint density at radius 3 is 2.50 bits per heavy atom. The molecule has 5 aromatic rings. The molecule has 48 heavy (non-hydrogen) atoms. The molecule has 0 radical (unpaired) electrons. The van der Waals surface area contributed by atoms with E-state index in [-0.39, 0.29) is 51.5 Å². The first-order valence-electron chi connectivity index (χ1n) is 15.8. The summed E-state index contributed by atoms with van der Waals surface area (Å²) in [5.41, 5.74) is 7.50. The second kappa shape index (κ2) is 12.8. The van der Waals surface area contributed by atoms with Crippen LogP contribution in [0.3, 0.4) is 0 Å². The minimum absolute atomic E-state index is 0.0325. The molecule has 0 unspecified atom stereocenters. The maximum atomic E-state index is 15.1. The van der Waals surface area contributed by atoms with Crippen LogP contribution in [0.5, 0.6) is 0 Å². The largest absolute Gasteiger partial charge is 0.376 e. The molecule has 2 saturated heterocycles. The van der Waals surface area contributed by atoms with E-state index in [1.54, 1.807) is 30.6 Å². The number of ether oxygens (including phenoxy) is 1. The highest BCUT2D eigenvalue weighted by molar-refractivity contribution is 7.99. The van der Waals surface area contributed by atoms with E-state index >= 15 is 4.39 Å². The van der Waals surface area contributed by atoms with Gasteiger partial charge in [0.1, 0.15) is 38.8 Å². The van der Waals surface area contributed by atoms with Gasteiger partial charge in [0.05, 0.1) is 41.7 Å². The van der Waals surface area contributed by atoms with Crippen LogP contribution in [0.25, 0.3) is 22.3 Å². The van der Waals surface area contributed by atoms with Gasteiger partial charge in [0.15, 0.2) is 11.6 Å². The molecule has 6 heterocycles. The van der Waals surface area contributed by atoms with Crippen LogP contribution in [0.4, 0.5) is 26.4 Å². The first kappa shape index (κ1) is 32.6. The topological polar surface area (TPSA) is 133 Å². The molecule has 0 saturated carbocycles. The van der Waals surface area contributed by atoms with E-state index in [0.29, 0.717) is 27.1 Å². The average molecular weight is 693 g/mol. The minimum Gasteiger partial charge on any atom is -0.376 e. The highest BCUT2D eigenvalue weighted by Gasteiger charge is 2.47. The fourth-order valence-electron chi connectivity index (χ4n) is 6.66. The third-order valence-corrected chi connectivity index (χ3v) is 10.6. The Kier molecular flexibility index (Phi) is 8.69. The number of aryl methyl sites for hydroxylation is 1. The number of nitrogens with one attached hydrogen (secondary N) is 1. The number of fused-ring (bicyclic) bond motifs is 1. The summed E-state index contributed by atoms with van der Waals surface area (Å²) < 4.78 is 37.8. The van der Waals surface area contributed by atoms with Gasteiger partial charge in [-0.05, 0) is 64.8 Å². The number of hydrogen-bond donors (Lipinski definition) is 2. The van der Waals surface area contributed by atoms with Gasteiger partial charge in [0.2, 0.25) is 5.95 Å². The first-order valence-corrected chi connectivity index (χ1v) is 17.0. The summed E-state index contributed by atoms with van der Waals surface area (Å²) in [6, 6.07) is 6.51. The number of hydrogen-bond acceptors (Lipinski definition) is 11. The SMILES string of the molecule is Cc1nc2c(F)cc(-c3nc(Nc4ccc(Sc5cnc(N6CCC7(CC6)CO[C@@H](C)[C@H]7N)cn5)c(Cl)n4)ncc3F)cc2n1C(C)C. The van der Waals surface area contributed by atoms with Gasteiger partial charge in [-0.3, -0.25) is 0 Å². The van der Waals surface area contributed by atoms with Crippen molar-refractivity contribution in [2.45, 2.75) is 68.6 Å². The lowest BCUT2D eigenvalue weighted by molar-refractivity contribution is 0.0974. The van der Waals surface area contributed by atoms with Gasteiger partial charge in [-0.1, -0.05) is 23.4 Å². The van der Waals surface area contributed by atoms with Crippen LogP contribution in [-0.2, 0) is 4.74 Å². The van der Waals surface area contributed by atoms with E-state index in [1.165, 1.54) is 17.8 Å². The lowest BCUT2D eigenvalue weighted by Crippen LogP contribution is -2.50. The second-order valence-corrected chi connectivity index (χ2v) is 14.1. The second-order valence-electron chi connectivity index (χ2n) is 12.7. The van der Waals surface area contributed by atoms with Crippen LogP contribution >= 0.6 is 23.4 Å². The van der Waals surface area contributed by atoms with E-state index in [1.807, 2.05) is 32.3 Å². The molecule has 7 rings (SSSR count). The van der Waals surface area contributed by atoms with Gasteiger partial charge in [0, 0.05) is 36.2 Å². The van der Waals surface area contributed by atoms with Gasteiger partial charge in [0.25, 0.3) is 0 Å². The summed E-state index contributed by atoms with van der Waals surface area (Å²) in [6.07, 6.45) is 6.54. The maximum absolute atomic E-state index is 15.1. The number of aromatic nitrogens is 7. The van der Waals surface area contributed by atoms with E-state index in [2.05, 4.69) is 40.1 Å². The summed E-state index contributed by atoms with van der Waals surface area (Å²) in [5.74, 6) is 0.664. The molecule has 0 bridgehead atoms. The van der Waals surface area contributed by atoms with Gasteiger partial charge in [-0.15, -0.1) is 0 Å². The normalized spacial score (nSPS) is 19.1. The van der Waals surface area contributed by atoms with Crippen molar-refractivity contribution in [3.8, 4) is 11.3 Å². The Hall–Kier alpha value is -3.98. The van der Waals surface area contributed by atoms with E-state index in [4.69, 9.17) is 22.1 Å². The zero-order valence-electron chi connectivity index (χ0n) is 26.9. The fourth-order valence-corrected chi connectivity index (χ4v) is 7.63. The molecule has 3 N–H and O–H groups in total. The molecule has 1 aromatic carbocycles. The summed E-state index contributed by atoms with van der Waals surface area (Å²) in [5, 5.41) is 3.87. The number of rotatable bonds is 7.